The minimum Gasteiger partial charge on any atom is -0.505 e. The van der Waals surface area contributed by atoms with Crippen molar-refractivity contribution in [2.24, 2.45) is 35.8 Å². The summed E-state index contributed by atoms with van der Waals surface area (Å²) in [5, 5.41) is 64.9. The van der Waals surface area contributed by atoms with Gasteiger partial charge in [-0.1, -0.05) is 17.2 Å². The first-order valence-electron chi connectivity index (χ1n) is 23.8. The number of carbonyl (C=O) groups excluding carboxylic acids is 1. The van der Waals surface area contributed by atoms with Crippen LogP contribution in [0.3, 0.4) is 0 Å². The lowest BCUT2D eigenvalue weighted by atomic mass is 10.1. The molecule has 9 rings (SSSR count). The highest BCUT2D eigenvalue weighted by atomic mass is 32.2. The summed E-state index contributed by atoms with van der Waals surface area (Å²) in [7, 11) is -12.9. The molecule has 0 bridgehead atoms. The number of amides is 1. The quantitative estimate of drug-likeness (QED) is 0.00595. The van der Waals surface area contributed by atoms with Crippen LogP contribution in [0.15, 0.2) is 148 Å². The number of aromatic hydroxyl groups is 1. The van der Waals surface area contributed by atoms with Crippen LogP contribution in [0.5, 0.6) is 23.0 Å². The first-order chi connectivity index (χ1) is 40.2. The van der Waals surface area contributed by atoms with E-state index in [9.17, 15) is 72.7 Å². The van der Waals surface area contributed by atoms with Gasteiger partial charge in [-0.15, -0.1) is 19.7 Å². The summed E-state index contributed by atoms with van der Waals surface area (Å²) in [6.07, 6.45) is -0.216. The number of fused-ring (bicyclic) bond motifs is 4. The summed E-state index contributed by atoms with van der Waals surface area (Å²) in [6, 6.07) is 20.1. The molecule has 31 nitrogen and oxygen atoms in total. The molecule has 7 aromatic carbocycles. The van der Waals surface area contributed by atoms with Gasteiger partial charge in [0.1, 0.15) is 55.6 Å². The second-order valence-corrected chi connectivity index (χ2v) is 23.5. The van der Waals surface area contributed by atoms with Gasteiger partial charge in [-0.05, 0) is 104 Å². The number of hydrogen-bond donors (Lipinski definition) is 8. The average molecular weight is 1270 g/mol. The van der Waals surface area contributed by atoms with Crippen molar-refractivity contribution < 1.29 is 95.8 Å². The number of carboxylic acid groups (broad SMARTS) is 1. The number of carbonyl (C=O) groups is 2. The molecule has 1 aliphatic heterocycles. The minimum atomic E-state index is -5.04. The second-order valence-electron chi connectivity index (χ2n) is 17.8. The smallest absolute Gasteiger partial charge is 0.357 e. The molecule has 0 fully saturated rings. The van der Waals surface area contributed by atoms with E-state index in [0.29, 0.717) is 39.6 Å². The van der Waals surface area contributed by atoms with Crippen molar-refractivity contribution in [2.45, 2.75) is 41.0 Å². The molecule has 0 spiro atoms. The molecule has 0 saturated heterocycles. The number of aliphatic carboxylic acids is 1. The molecule has 2 atom stereocenters. The average Bonchev–Trinajstić information content (AvgIpc) is 2.07. The Kier molecular flexibility index (Phi) is 17.5. The van der Waals surface area contributed by atoms with Crippen LogP contribution in [0.1, 0.15) is 17.5 Å². The standard InChI is InChI=1S/C49H40N10O21S5/c1-23-18-35(38(77-16-5-17-83(67,68)69)21-33(23)53-52-32-15-12-27-29(46(32)85(73,74)75)6-4-7-36(27)78-82(65)66)55-56-42-39(81-80-79-64)20-30-28(45(42)60)13-14-31-41(30)51-47(50-31)25-8-10-26(11-9-25)59-48(61)43(44(58-59)49(62)63)57-54-34-19-24(2)40(84(70,71)72)22-37(34)76-3/h4,6-15,18-22,43,60,64H,5,16-17H2,1-3H3,(H,50,51)(H,62,63)(H,65,66)(H,67,68,69)(H,70,71,72)(H,73,74,75). The van der Waals surface area contributed by atoms with Crippen LogP contribution in [0.25, 0.3) is 44.0 Å². The Balaban J connectivity index is 1.02. The Morgan fingerprint density at radius 2 is 1.47 bits per heavy atom. The third-order valence-electron chi connectivity index (χ3n) is 12.4. The fraction of sp³-hybridized carbons (Fsp3) is 0.143. The number of rotatable bonds is 22. The number of benzene rings is 7. The van der Waals surface area contributed by atoms with E-state index in [4.69, 9.17) is 18.0 Å². The Morgan fingerprint density at radius 3 is 2.14 bits per heavy atom. The summed E-state index contributed by atoms with van der Waals surface area (Å²) in [5.74, 6) is -3.82. The summed E-state index contributed by atoms with van der Waals surface area (Å²) in [5.41, 5.74) is 0.293. The molecule has 2 unspecified atom stereocenters. The van der Waals surface area contributed by atoms with Crippen LogP contribution >= 0.6 is 12.0 Å². The maximum Gasteiger partial charge on any atom is 0.357 e. The molecule has 0 saturated carbocycles. The van der Waals surface area contributed by atoms with E-state index in [2.05, 4.69) is 50.8 Å². The van der Waals surface area contributed by atoms with E-state index in [1.54, 1.807) is 25.1 Å². The zero-order valence-corrected chi connectivity index (χ0v) is 47.4. The van der Waals surface area contributed by atoms with E-state index < -0.39 is 86.6 Å². The van der Waals surface area contributed by atoms with Gasteiger partial charge in [0, 0.05) is 39.2 Å². The predicted octanol–water partition coefficient (Wildman–Crippen LogP) is 9.73. The lowest BCUT2D eigenvalue weighted by Gasteiger charge is -2.13. The summed E-state index contributed by atoms with van der Waals surface area (Å²) in [4.78, 5) is 32.6. The van der Waals surface area contributed by atoms with Crippen molar-refractivity contribution in [3.05, 3.63) is 108 Å². The fourth-order valence-corrected chi connectivity index (χ4v) is 11.4. The molecule has 36 heteroatoms. The summed E-state index contributed by atoms with van der Waals surface area (Å²) in [6.45, 7) is 2.58. The maximum absolute atomic E-state index is 13.7. The zero-order chi connectivity index (χ0) is 61.3. The lowest BCUT2D eigenvalue weighted by Crippen LogP contribution is -2.33. The van der Waals surface area contributed by atoms with Crippen LogP contribution in [-0.2, 0) is 60.7 Å². The van der Waals surface area contributed by atoms with Crippen LogP contribution in [0, 0.1) is 13.8 Å². The van der Waals surface area contributed by atoms with Gasteiger partial charge in [0.15, 0.2) is 11.5 Å². The summed E-state index contributed by atoms with van der Waals surface area (Å²) >= 11 is -2.38. The van der Waals surface area contributed by atoms with Crippen LogP contribution < -0.4 is 18.7 Å². The number of aromatic amines is 1. The normalized spacial score (nSPS) is 14.6. The molecule has 1 amide bonds. The number of methoxy groups -OCH3 is 1. The van der Waals surface area contributed by atoms with Crippen molar-refractivity contribution in [1.82, 2.24) is 9.97 Å². The highest BCUT2D eigenvalue weighted by molar-refractivity contribution is 7.94. The number of imidazole rings is 1. The number of phenolic OH excluding ortho intramolecular Hbond substituents is 1. The molecule has 0 aliphatic carbocycles. The molecule has 8 N–H and O–H groups in total. The highest BCUT2D eigenvalue weighted by Crippen LogP contribution is 2.47. The van der Waals surface area contributed by atoms with Crippen LogP contribution in [0.4, 0.5) is 34.1 Å². The van der Waals surface area contributed by atoms with E-state index in [1.165, 1.54) is 80.8 Å². The largest absolute Gasteiger partial charge is 0.505 e. The first-order valence-corrected chi connectivity index (χ1v) is 30.1. The highest BCUT2D eigenvalue weighted by Gasteiger charge is 2.41. The van der Waals surface area contributed by atoms with E-state index in [0.717, 1.165) is 17.1 Å². The Morgan fingerprint density at radius 1 is 0.776 bits per heavy atom. The third-order valence-corrected chi connectivity index (χ3v) is 16.1. The Labute approximate surface area is 485 Å². The number of hydrazone groups is 1. The Bertz CT molecular complexity index is 4560. The molecule has 2 heterocycles. The topological polar surface area (TPSA) is 460 Å². The molecular weight excluding hydrogens is 1220 g/mol. The second kappa shape index (κ2) is 24.4. The van der Waals surface area contributed by atoms with Crippen molar-refractivity contribution in [2.75, 3.05) is 24.5 Å². The number of aromatic nitrogens is 2. The van der Waals surface area contributed by atoms with E-state index in [-0.39, 0.29) is 96.8 Å². The molecule has 85 heavy (non-hydrogen) atoms. The van der Waals surface area contributed by atoms with Crippen LogP contribution in [0.2, 0.25) is 0 Å². The van der Waals surface area contributed by atoms with Crippen molar-refractivity contribution >= 4 is 138 Å². The first kappa shape index (κ1) is 60.8. The number of carboxylic acids is 1. The molecule has 1 aromatic heterocycles. The van der Waals surface area contributed by atoms with Gasteiger partial charge in [-0.2, -0.15) is 54.9 Å². The van der Waals surface area contributed by atoms with Crippen LogP contribution in [-0.4, -0.2) is 116 Å². The zero-order valence-electron chi connectivity index (χ0n) is 43.3. The number of ether oxygens (including phenoxy) is 2. The van der Waals surface area contributed by atoms with Crippen molar-refractivity contribution in [3.63, 3.8) is 0 Å². The minimum absolute atomic E-state index is 0.000561. The fourth-order valence-electron chi connectivity index (χ4n) is 8.58. The Hall–Kier alpha value is -8.79. The number of phenols is 1. The monoisotopic (exact) mass is 1260 g/mol. The van der Waals surface area contributed by atoms with Crippen molar-refractivity contribution in [1.29, 1.82) is 0 Å². The van der Waals surface area contributed by atoms with Gasteiger partial charge in [-0.25, -0.2) is 15.0 Å². The number of aryl methyl sites for hydroxylation is 2. The summed E-state index contributed by atoms with van der Waals surface area (Å²) < 4.78 is 143. The number of nitrogens with zero attached hydrogens (tertiary/aromatic N) is 9. The lowest BCUT2D eigenvalue weighted by molar-refractivity contribution is -0.432. The van der Waals surface area contributed by atoms with E-state index >= 15 is 0 Å². The number of anilines is 1. The van der Waals surface area contributed by atoms with Crippen molar-refractivity contribution in [3.8, 4) is 34.4 Å². The molecule has 442 valence electrons. The third kappa shape index (κ3) is 13.3. The van der Waals surface area contributed by atoms with Gasteiger partial charge < -0.3 is 28.9 Å². The van der Waals surface area contributed by atoms with Gasteiger partial charge in [0.05, 0.1) is 58.8 Å². The van der Waals surface area contributed by atoms with E-state index in [1.807, 2.05) is 0 Å². The number of nitrogens with one attached hydrogen (secondary N) is 1. The van der Waals surface area contributed by atoms with Gasteiger partial charge in [0.25, 0.3) is 36.3 Å². The molecule has 0 radical (unpaired) electrons. The van der Waals surface area contributed by atoms with Gasteiger partial charge in [0.2, 0.25) is 6.04 Å². The van der Waals surface area contributed by atoms with Gasteiger partial charge >= 0.3 is 17.3 Å². The molecule has 1 aliphatic rings. The number of hydrogen-bond acceptors (Lipinski definition) is 25. The van der Waals surface area contributed by atoms with Gasteiger partial charge in [-0.3, -0.25) is 23.0 Å². The number of azo groups is 3. The SMILES string of the molecule is COc1cc(S(=O)(=O)O)c(C)cc1N=NC1C(=O)N(c2ccc(-c3nc4ccc5c(O)c(N=Nc6cc(C)c(N=Nc7ccc8c(OS(=O)O)cccc8c7S(=O)(=O)O)cc6OCCCS(=O)(=O)O)c(SOOO)cc5c4[nH]3)cc2)N=C1C(=O)O. The number of H-pyrrole nitrogens is 1. The predicted molar refractivity (Wildman–Crippen MR) is 301 cm³/mol. The maximum atomic E-state index is 13.7. The molecular formula is C49H40N10O21S5. The molecule has 8 aromatic rings.